The molecule has 150 valence electrons. The molecule has 0 spiro atoms. The maximum atomic E-state index is 12.9. The Morgan fingerprint density at radius 1 is 0.862 bits per heavy atom. The summed E-state index contributed by atoms with van der Waals surface area (Å²) in [5, 5.41) is 3.04. The van der Waals surface area contributed by atoms with E-state index < -0.39 is 0 Å². The van der Waals surface area contributed by atoms with E-state index in [4.69, 9.17) is 4.74 Å². The second-order valence-electron chi connectivity index (χ2n) is 7.19. The molecule has 0 saturated carbocycles. The first-order valence-electron chi connectivity index (χ1n) is 10.3. The molecule has 0 radical (unpaired) electrons. The van der Waals surface area contributed by atoms with Crippen molar-refractivity contribution in [3.8, 4) is 5.75 Å². The topological polar surface area (TPSA) is 38.3 Å². The maximum Gasteiger partial charge on any atom is 0.227 e. The Morgan fingerprint density at radius 3 is 2.17 bits per heavy atom. The predicted octanol–water partition coefficient (Wildman–Crippen LogP) is 5.16. The summed E-state index contributed by atoms with van der Waals surface area (Å²) in [4.78, 5) is 12.9. The molecule has 0 saturated heterocycles. The zero-order valence-corrected chi connectivity index (χ0v) is 17.0. The standard InChI is InChI=1S/C26H29NO2/c1-2-9-21-14-16-24(17-15-21)29-19-18-27-26(28)25(23-12-7-4-8-13-23)20-22-10-5-3-6-11-22/h3-8,10-17,25H,2,9,18-20H2,1H3,(H,27,28). The van der Waals surface area contributed by atoms with Gasteiger partial charge in [-0.15, -0.1) is 0 Å². The van der Waals surface area contributed by atoms with Gasteiger partial charge in [0.2, 0.25) is 5.91 Å². The van der Waals surface area contributed by atoms with Gasteiger partial charge in [-0.1, -0.05) is 86.1 Å². The third kappa shape index (κ3) is 6.49. The van der Waals surface area contributed by atoms with Crippen molar-refractivity contribution >= 4 is 5.91 Å². The minimum absolute atomic E-state index is 0.0296. The molecule has 0 aromatic heterocycles. The number of carbonyl (C=O) groups excluding carboxylic acids is 1. The first kappa shape index (κ1) is 20.7. The van der Waals surface area contributed by atoms with Gasteiger partial charge in [-0.3, -0.25) is 4.79 Å². The van der Waals surface area contributed by atoms with Crippen LogP contribution in [-0.2, 0) is 17.6 Å². The van der Waals surface area contributed by atoms with Crippen molar-refractivity contribution in [3.05, 3.63) is 102 Å². The van der Waals surface area contributed by atoms with Crippen molar-refractivity contribution in [3.63, 3.8) is 0 Å². The monoisotopic (exact) mass is 387 g/mol. The molecule has 3 rings (SSSR count). The number of nitrogens with one attached hydrogen (secondary N) is 1. The second-order valence-corrected chi connectivity index (χ2v) is 7.19. The highest BCUT2D eigenvalue weighted by Crippen LogP contribution is 2.21. The normalized spacial score (nSPS) is 11.6. The molecule has 3 nitrogen and oxygen atoms in total. The highest BCUT2D eigenvalue weighted by atomic mass is 16.5. The molecule has 1 amide bonds. The maximum absolute atomic E-state index is 12.9. The molecule has 0 heterocycles. The van der Waals surface area contributed by atoms with Gasteiger partial charge in [-0.05, 0) is 41.7 Å². The molecule has 3 heteroatoms. The van der Waals surface area contributed by atoms with E-state index in [9.17, 15) is 4.79 Å². The molecule has 0 aliphatic rings. The number of aryl methyl sites for hydroxylation is 1. The fourth-order valence-electron chi connectivity index (χ4n) is 3.40. The van der Waals surface area contributed by atoms with Gasteiger partial charge in [0.05, 0.1) is 12.5 Å². The van der Waals surface area contributed by atoms with Crippen LogP contribution in [-0.4, -0.2) is 19.1 Å². The van der Waals surface area contributed by atoms with Crippen molar-refractivity contribution in [2.75, 3.05) is 13.2 Å². The number of amides is 1. The van der Waals surface area contributed by atoms with Crippen molar-refractivity contribution in [2.45, 2.75) is 32.1 Å². The Bertz CT molecular complexity index is 860. The van der Waals surface area contributed by atoms with Crippen LogP contribution in [0.1, 0.15) is 36.0 Å². The van der Waals surface area contributed by atoms with Crippen LogP contribution in [0.4, 0.5) is 0 Å². The Labute approximate surface area is 173 Å². The molecule has 1 unspecified atom stereocenters. The summed E-state index contributed by atoms with van der Waals surface area (Å²) in [6.45, 7) is 3.10. The minimum Gasteiger partial charge on any atom is -0.492 e. The highest BCUT2D eigenvalue weighted by Gasteiger charge is 2.20. The van der Waals surface area contributed by atoms with Crippen LogP contribution in [0.5, 0.6) is 5.75 Å². The van der Waals surface area contributed by atoms with Gasteiger partial charge >= 0.3 is 0 Å². The zero-order chi connectivity index (χ0) is 20.3. The summed E-state index contributed by atoms with van der Waals surface area (Å²) in [5.41, 5.74) is 3.50. The van der Waals surface area contributed by atoms with E-state index in [2.05, 4.69) is 36.5 Å². The molecule has 0 aliphatic heterocycles. The summed E-state index contributed by atoms with van der Waals surface area (Å²) < 4.78 is 5.78. The van der Waals surface area contributed by atoms with E-state index in [0.29, 0.717) is 19.6 Å². The predicted molar refractivity (Wildman–Crippen MR) is 118 cm³/mol. The van der Waals surface area contributed by atoms with Crippen molar-refractivity contribution in [1.29, 1.82) is 0 Å². The van der Waals surface area contributed by atoms with Crippen LogP contribution in [0, 0.1) is 0 Å². The average molecular weight is 388 g/mol. The molecule has 0 fully saturated rings. The van der Waals surface area contributed by atoms with E-state index in [1.54, 1.807) is 0 Å². The smallest absolute Gasteiger partial charge is 0.227 e. The summed E-state index contributed by atoms with van der Waals surface area (Å²) in [6, 6.07) is 28.3. The molecule has 3 aromatic rings. The molecule has 1 N–H and O–H groups in total. The SMILES string of the molecule is CCCc1ccc(OCCNC(=O)C(Cc2ccccc2)c2ccccc2)cc1. The first-order valence-corrected chi connectivity index (χ1v) is 10.3. The number of carbonyl (C=O) groups is 1. The first-order chi connectivity index (χ1) is 14.3. The lowest BCUT2D eigenvalue weighted by molar-refractivity contribution is -0.122. The van der Waals surface area contributed by atoms with Crippen LogP contribution in [0.25, 0.3) is 0 Å². The van der Waals surface area contributed by atoms with Gasteiger partial charge < -0.3 is 10.1 Å². The van der Waals surface area contributed by atoms with Gasteiger partial charge in [0.15, 0.2) is 0 Å². The highest BCUT2D eigenvalue weighted by molar-refractivity contribution is 5.84. The third-order valence-electron chi connectivity index (χ3n) is 4.93. The Balaban J connectivity index is 1.54. The quantitative estimate of drug-likeness (QED) is 0.488. The Kier molecular flexibility index (Phi) is 7.88. The van der Waals surface area contributed by atoms with E-state index >= 15 is 0 Å². The van der Waals surface area contributed by atoms with Crippen molar-refractivity contribution in [2.24, 2.45) is 0 Å². The lowest BCUT2D eigenvalue weighted by Gasteiger charge is -2.18. The van der Waals surface area contributed by atoms with Crippen molar-refractivity contribution in [1.82, 2.24) is 5.32 Å². The molecular formula is C26H29NO2. The van der Waals surface area contributed by atoms with Gasteiger partial charge in [0.1, 0.15) is 12.4 Å². The molecule has 3 aromatic carbocycles. The van der Waals surface area contributed by atoms with E-state index in [1.165, 1.54) is 5.56 Å². The zero-order valence-electron chi connectivity index (χ0n) is 17.0. The molecule has 29 heavy (non-hydrogen) atoms. The summed E-state index contributed by atoms with van der Waals surface area (Å²) >= 11 is 0. The average Bonchev–Trinajstić information content (AvgIpc) is 2.77. The fourth-order valence-corrected chi connectivity index (χ4v) is 3.40. The van der Waals surface area contributed by atoms with Crippen LogP contribution >= 0.6 is 0 Å². The lowest BCUT2D eigenvalue weighted by atomic mass is 9.91. The summed E-state index contributed by atoms with van der Waals surface area (Å²) in [5.74, 6) is 0.650. The van der Waals surface area contributed by atoms with Gasteiger partial charge in [0.25, 0.3) is 0 Å². The number of ether oxygens (including phenoxy) is 1. The summed E-state index contributed by atoms with van der Waals surface area (Å²) in [7, 11) is 0. The number of hydrogen-bond acceptors (Lipinski definition) is 2. The molecule has 0 bridgehead atoms. The minimum atomic E-state index is -0.216. The summed E-state index contributed by atoms with van der Waals surface area (Å²) in [6.07, 6.45) is 2.90. The van der Waals surface area contributed by atoms with Gasteiger partial charge in [0, 0.05) is 0 Å². The Morgan fingerprint density at radius 2 is 1.52 bits per heavy atom. The van der Waals surface area contributed by atoms with Crippen LogP contribution < -0.4 is 10.1 Å². The second kappa shape index (κ2) is 11.1. The number of hydrogen-bond donors (Lipinski definition) is 1. The number of rotatable bonds is 10. The number of benzene rings is 3. The fraction of sp³-hybridized carbons (Fsp3) is 0.269. The van der Waals surface area contributed by atoms with Crippen molar-refractivity contribution < 1.29 is 9.53 Å². The molecular weight excluding hydrogens is 358 g/mol. The third-order valence-corrected chi connectivity index (χ3v) is 4.93. The van der Waals surface area contributed by atoms with Crippen LogP contribution in [0.2, 0.25) is 0 Å². The molecule has 0 aliphatic carbocycles. The largest absolute Gasteiger partial charge is 0.492 e. The van der Waals surface area contributed by atoms with Gasteiger partial charge in [-0.2, -0.15) is 0 Å². The van der Waals surface area contributed by atoms with Crippen LogP contribution in [0.3, 0.4) is 0 Å². The van der Waals surface area contributed by atoms with E-state index in [-0.39, 0.29) is 11.8 Å². The van der Waals surface area contributed by atoms with Gasteiger partial charge in [-0.25, -0.2) is 0 Å². The van der Waals surface area contributed by atoms with Crippen LogP contribution in [0.15, 0.2) is 84.9 Å². The van der Waals surface area contributed by atoms with E-state index in [0.717, 1.165) is 29.7 Å². The Hall–Kier alpha value is -3.07. The lowest BCUT2D eigenvalue weighted by Crippen LogP contribution is -2.33. The van der Waals surface area contributed by atoms with E-state index in [1.807, 2.05) is 60.7 Å². The molecule has 1 atom stereocenters.